The van der Waals surface area contributed by atoms with E-state index < -0.39 is 0 Å². The topological polar surface area (TPSA) is 12.0 Å². The summed E-state index contributed by atoms with van der Waals surface area (Å²) in [5.74, 6) is 0. The van der Waals surface area contributed by atoms with Gasteiger partial charge in [0.25, 0.3) is 0 Å². The van der Waals surface area contributed by atoms with E-state index in [0.29, 0.717) is 0 Å². The number of rotatable bonds is 1. The molecule has 1 aliphatic heterocycles. The van der Waals surface area contributed by atoms with Crippen LogP contribution >= 0.6 is 22.6 Å². The van der Waals surface area contributed by atoms with Crippen molar-refractivity contribution in [3.05, 3.63) is 68.3 Å². The minimum Gasteiger partial charge on any atom is -0.304 e. The Bertz CT molecular complexity index is 603. The zero-order valence-electron chi connectivity index (χ0n) is 11.3. The van der Waals surface area contributed by atoms with Gasteiger partial charge in [0.15, 0.2) is 0 Å². The molecule has 0 amide bonds. The lowest BCUT2D eigenvalue weighted by molar-refractivity contribution is 0.414. The molecule has 0 aliphatic carbocycles. The van der Waals surface area contributed by atoms with Gasteiger partial charge in [0.05, 0.1) is 5.54 Å². The Hall–Kier alpha value is -0.870. The van der Waals surface area contributed by atoms with E-state index >= 15 is 0 Å². The smallest absolute Gasteiger partial charge is 0.0664 e. The summed E-state index contributed by atoms with van der Waals surface area (Å²) in [6, 6.07) is 15.7. The second-order valence-electron chi connectivity index (χ2n) is 5.47. The van der Waals surface area contributed by atoms with Crippen molar-refractivity contribution in [2.24, 2.45) is 0 Å². The van der Waals surface area contributed by atoms with Gasteiger partial charge in [-0.3, -0.25) is 0 Å². The van der Waals surface area contributed by atoms with Crippen LogP contribution in [0.1, 0.15) is 29.2 Å². The van der Waals surface area contributed by atoms with Crippen molar-refractivity contribution in [3.63, 3.8) is 0 Å². The fourth-order valence-corrected chi connectivity index (χ4v) is 3.36. The summed E-state index contributed by atoms with van der Waals surface area (Å²) in [7, 11) is 0. The number of aryl methyl sites for hydroxylation is 1. The quantitative estimate of drug-likeness (QED) is 0.755. The number of nitrogens with one attached hydrogen (secondary N) is 1. The fraction of sp³-hybridized carbons (Fsp3) is 0.294. The summed E-state index contributed by atoms with van der Waals surface area (Å²) in [5, 5.41) is 3.70. The Kier molecular flexibility index (Phi) is 3.39. The number of hydrogen-bond acceptors (Lipinski definition) is 1. The Morgan fingerprint density at radius 2 is 1.84 bits per heavy atom. The molecule has 98 valence electrons. The van der Waals surface area contributed by atoms with Gasteiger partial charge >= 0.3 is 0 Å². The first kappa shape index (κ1) is 13.1. The third-order valence-corrected chi connectivity index (χ3v) is 4.81. The summed E-state index contributed by atoms with van der Waals surface area (Å²) in [5.41, 5.74) is 5.54. The fourth-order valence-electron chi connectivity index (χ4n) is 3.00. The molecule has 3 rings (SSSR count). The molecule has 1 unspecified atom stereocenters. The van der Waals surface area contributed by atoms with E-state index in [4.69, 9.17) is 0 Å². The summed E-state index contributed by atoms with van der Waals surface area (Å²) < 4.78 is 1.28. The molecule has 1 N–H and O–H groups in total. The molecule has 2 aromatic carbocycles. The van der Waals surface area contributed by atoms with Gasteiger partial charge in [0.1, 0.15) is 0 Å². The van der Waals surface area contributed by atoms with Gasteiger partial charge in [0.2, 0.25) is 0 Å². The second-order valence-corrected chi connectivity index (χ2v) is 6.71. The van der Waals surface area contributed by atoms with Crippen LogP contribution in [-0.2, 0) is 12.0 Å². The molecule has 0 aromatic heterocycles. The van der Waals surface area contributed by atoms with Gasteiger partial charge < -0.3 is 5.32 Å². The predicted molar refractivity (Wildman–Crippen MR) is 88.5 cm³/mol. The first-order valence-electron chi connectivity index (χ1n) is 6.71. The van der Waals surface area contributed by atoms with E-state index in [2.05, 4.69) is 84.2 Å². The molecule has 1 nitrogen and oxygen atoms in total. The molecule has 0 saturated heterocycles. The Labute approximate surface area is 128 Å². The Morgan fingerprint density at radius 1 is 1.11 bits per heavy atom. The molecule has 1 aliphatic rings. The second kappa shape index (κ2) is 4.91. The van der Waals surface area contributed by atoms with Crippen molar-refractivity contribution < 1.29 is 0 Å². The minimum absolute atomic E-state index is 0.0639. The van der Waals surface area contributed by atoms with Crippen LogP contribution in [-0.4, -0.2) is 6.54 Å². The van der Waals surface area contributed by atoms with Gasteiger partial charge in [-0.05, 0) is 71.7 Å². The monoisotopic (exact) mass is 363 g/mol. The first-order valence-corrected chi connectivity index (χ1v) is 7.78. The van der Waals surface area contributed by atoms with Crippen molar-refractivity contribution in [2.45, 2.75) is 25.8 Å². The zero-order chi connectivity index (χ0) is 13.5. The van der Waals surface area contributed by atoms with Gasteiger partial charge in [-0.25, -0.2) is 0 Å². The Balaban J connectivity index is 2.13. The van der Waals surface area contributed by atoms with E-state index in [1.807, 2.05) is 0 Å². The molecule has 19 heavy (non-hydrogen) atoms. The number of hydrogen-bond donors (Lipinski definition) is 1. The van der Waals surface area contributed by atoms with Gasteiger partial charge in [0, 0.05) is 10.1 Å². The van der Waals surface area contributed by atoms with Crippen molar-refractivity contribution in [2.75, 3.05) is 6.54 Å². The minimum atomic E-state index is -0.0639. The average molecular weight is 363 g/mol. The maximum atomic E-state index is 3.70. The molecule has 0 saturated carbocycles. The molecule has 1 heterocycles. The van der Waals surface area contributed by atoms with Crippen molar-refractivity contribution >= 4 is 22.6 Å². The highest BCUT2D eigenvalue weighted by Gasteiger charge is 2.33. The third kappa shape index (κ3) is 2.32. The van der Waals surface area contributed by atoms with E-state index in [0.717, 1.165) is 13.0 Å². The van der Waals surface area contributed by atoms with Crippen LogP contribution < -0.4 is 5.32 Å². The molecule has 2 heteroatoms. The first-order chi connectivity index (χ1) is 9.09. The number of benzene rings is 2. The largest absolute Gasteiger partial charge is 0.304 e. The van der Waals surface area contributed by atoms with Gasteiger partial charge in [-0.1, -0.05) is 35.9 Å². The summed E-state index contributed by atoms with van der Waals surface area (Å²) in [6.45, 7) is 5.51. The van der Waals surface area contributed by atoms with Crippen molar-refractivity contribution in [1.82, 2.24) is 5.32 Å². The standard InChI is InChI=1S/C17H18IN/c1-12-3-8-16-13(11-12)9-10-19-17(16,2)14-4-6-15(18)7-5-14/h3-8,11,19H,9-10H2,1-2H3. The van der Waals surface area contributed by atoms with E-state index in [9.17, 15) is 0 Å². The summed E-state index contributed by atoms with van der Waals surface area (Å²) in [4.78, 5) is 0. The highest BCUT2D eigenvalue weighted by molar-refractivity contribution is 14.1. The van der Waals surface area contributed by atoms with Crippen LogP contribution in [0.5, 0.6) is 0 Å². The lowest BCUT2D eigenvalue weighted by Gasteiger charge is -2.38. The molecule has 0 spiro atoms. The van der Waals surface area contributed by atoms with E-state index in [1.54, 1.807) is 0 Å². The number of halogens is 1. The van der Waals surface area contributed by atoms with Crippen LogP contribution in [0.3, 0.4) is 0 Å². The highest BCUT2D eigenvalue weighted by Crippen LogP contribution is 2.35. The normalized spacial score (nSPS) is 22.1. The van der Waals surface area contributed by atoms with Crippen LogP contribution in [0.15, 0.2) is 42.5 Å². The van der Waals surface area contributed by atoms with Crippen molar-refractivity contribution in [3.8, 4) is 0 Å². The average Bonchev–Trinajstić information content (AvgIpc) is 2.39. The van der Waals surface area contributed by atoms with Gasteiger partial charge in [-0.15, -0.1) is 0 Å². The zero-order valence-corrected chi connectivity index (χ0v) is 13.5. The molecule has 0 radical (unpaired) electrons. The SMILES string of the molecule is Cc1ccc2c(c1)CCNC2(C)c1ccc(I)cc1. The lowest BCUT2D eigenvalue weighted by Crippen LogP contribution is -2.45. The molecular formula is C17H18IN. The predicted octanol–water partition coefficient (Wildman–Crippen LogP) is 4.01. The summed E-state index contributed by atoms with van der Waals surface area (Å²) in [6.07, 6.45) is 1.12. The number of fused-ring (bicyclic) bond motifs is 1. The van der Waals surface area contributed by atoms with E-state index in [-0.39, 0.29) is 5.54 Å². The van der Waals surface area contributed by atoms with Crippen molar-refractivity contribution in [1.29, 1.82) is 0 Å². The third-order valence-electron chi connectivity index (χ3n) is 4.09. The van der Waals surface area contributed by atoms with Gasteiger partial charge in [-0.2, -0.15) is 0 Å². The van der Waals surface area contributed by atoms with Crippen LogP contribution in [0.4, 0.5) is 0 Å². The molecule has 1 atom stereocenters. The van der Waals surface area contributed by atoms with Crippen LogP contribution in [0.25, 0.3) is 0 Å². The Morgan fingerprint density at radius 3 is 2.58 bits per heavy atom. The molecule has 2 aromatic rings. The molecule has 0 bridgehead atoms. The maximum Gasteiger partial charge on any atom is 0.0664 e. The summed E-state index contributed by atoms with van der Waals surface area (Å²) >= 11 is 2.36. The highest BCUT2D eigenvalue weighted by atomic mass is 127. The molecular weight excluding hydrogens is 345 g/mol. The van der Waals surface area contributed by atoms with E-state index in [1.165, 1.54) is 25.8 Å². The maximum absolute atomic E-state index is 3.70. The van der Waals surface area contributed by atoms with Crippen LogP contribution in [0.2, 0.25) is 0 Å². The molecule has 0 fully saturated rings. The lowest BCUT2D eigenvalue weighted by atomic mass is 9.78. The van der Waals surface area contributed by atoms with Crippen LogP contribution in [0, 0.1) is 10.5 Å².